The molecular formula is C15H13ClN2O. The van der Waals surface area contributed by atoms with E-state index in [1.165, 1.54) is 0 Å². The summed E-state index contributed by atoms with van der Waals surface area (Å²) < 4.78 is 0. The van der Waals surface area contributed by atoms with Crippen LogP contribution in [0.15, 0.2) is 58.1 Å². The van der Waals surface area contributed by atoms with Crippen molar-refractivity contribution in [3.8, 4) is 5.75 Å². The number of aliphatic imine (C=N–C) groups is 2. The molecule has 0 bridgehead atoms. The summed E-state index contributed by atoms with van der Waals surface area (Å²) in [6, 6.07) is 6.98. The van der Waals surface area contributed by atoms with E-state index in [1.807, 2.05) is 25.1 Å². The topological polar surface area (TPSA) is 45.0 Å². The maximum absolute atomic E-state index is 9.87. The van der Waals surface area contributed by atoms with Crippen molar-refractivity contribution in [1.29, 1.82) is 0 Å². The molecule has 0 saturated heterocycles. The Kier molecular flexibility index (Phi) is 2.99. The molecule has 1 aliphatic heterocycles. The summed E-state index contributed by atoms with van der Waals surface area (Å²) >= 11 is 6.24. The van der Waals surface area contributed by atoms with E-state index in [1.54, 1.807) is 18.2 Å². The average molecular weight is 273 g/mol. The molecule has 0 aromatic heterocycles. The fourth-order valence-electron chi connectivity index (χ4n) is 2.27. The largest absolute Gasteiger partial charge is 0.507 e. The van der Waals surface area contributed by atoms with E-state index in [0.717, 1.165) is 5.57 Å². The van der Waals surface area contributed by atoms with Gasteiger partial charge in [0.15, 0.2) is 5.84 Å². The number of halogens is 1. The summed E-state index contributed by atoms with van der Waals surface area (Å²) in [6.07, 6.45) is 6.12. The maximum atomic E-state index is 9.87. The number of hydrogen-bond donors (Lipinski definition) is 1. The number of benzene rings is 1. The predicted octanol–water partition coefficient (Wildman–Crippen LogP) is 3.29. The molecule has 2 atom stereocenters. The molecule has 1 N–H and O–H groups in total. The molecule has 1 aromatic rings. The number of rotatable bonds is 1. The number of aromatic hydroxyl groups is 1. The van der Waals surface area contributed by atoms with Gasteiger partial charge < -0.3 is 5.11 Å². The number of phenols is 1. The quantitative estimate of drug-likeness (QED) is 0.838. The Morgan fingerprint density at radius 1 is 1.26 bits per heavy atom. The van der Waals surface area contributed by atoms with Gasteiger partial charge in [0.1, 0.15) is 10.9 Å². The van der Waals surface area contributed by atoms with Crippen LogP contribution in [0.1, 0.15) is 12.5 Å². The first kappa shape index (κ1) is 12.2. The first-order chi connectivity index (χ1) is 9.15. The van der Waals surface area contributed by atoms with Gasteiger partial charge in [0.25, 0.3) is 0 Å². The molecule has 19 heavy (non-hydrogen) atoms. The summed E-state index contributed by atoms with van der Waals surface area (Å²) in [6.45, 7) is 2.03. The van der Waals surface area contributed by atoms with Gasteiger partial charge >= 0.3 is 0 Å². The van der Waals surface area contributed by atoms with Crippen molar-refractivity contribution >= 4 is 22.6 Å². The number of fused-ring (bicyclic) bond motifs is 1. The second-order valence-electron chi connectivity index (χ2n) is 4.69. The zero-order valence-corrected chi connectivity index (χ0v) is 11.2. The van der Waals surface area contributed by atoms with Gasteiger partial charge in [-0.2, -0.15) is 0 Å². The fraction of sp³-hybridized carbons (Fsp3) is 0.200. The summed E-state index contributed by atoms with van der Waals surface area (Å²) in [5, 5.41) is 10.4. The van der Waals surface area contributed by atoms with E-state index in [9.17, 15) is 5.11 Å². The average Bonchev–Trinajstić information content (AvgIpc) is 2.38. The maximum Gasteiger partial charge on any atom is 0.160 e. The number of amidine groups is 1. The Morgan fingerprint density at radius 2 is 2.05 bits per heavy atom. The van der Waals surface area contributed by atoms with Crippen LogP contribution in [-0.4, -0.2) is 22.2 Å². The molecule has 0 fully saturated rings. The number of phenolic OH excluding ortho intramolecular Hbond substituents is 1. The molecule has 2 unspecified atom stereocenters. The van der Waals surface area contributed by atoms with Gasteiger partial charge in [0, 0.05) is 0 Å². The molecule has 1 heterocycles. The highest BCUT2D eigenvalue weighted by Crippen LogP contribution is 2.29. The normalized spacial score (nSPS) is 25.3. The van der Waals surface area contributed by atoms with E-state index in [4.69, 9.17) is 11.6 Å². The van der Waals surface area contributed by atoms with E-state index in [0.29, 0.717) is 16.6 Å². The lowest BCUT2D eigenvalue weighted by Crippen LogP contribution is -2.28. The van der Waals surface area contributed by atoms with Crippen LogP contribution in [0.5, 0.6) is 5.75 Å². The predicted molar refractivity (Wildman–Crippen MR) is 78.1 cm³/mol. The first-order valence-corrected chi connectivity index (χ1v) is 6.50. The lowest BCUT2D eigenvalue weighted by Gasteiger charge is -2.25. The summed E-state index contributed by atoms with van der Waals surface area (Å²) in [5.74, 6) is 0.670. The van der Waals surface area contributed by atoms with Crippen molar-refractivity contribution in [3.05, 3.63) is 53.6 Å². The van der Waals surface area contributed by atoms with Crippen LogP contribution in [0.2, 0.25) is 0 Å². The van der Waals surface area contributed by atoms with Crippen LogP contribution in [0, 0.1) is 5.92 Å². The van der Waals surface area contributed by atoms with E-state index < -0.39 is 0 Å². The van der Waals surface area contributed by atoms with E-state index in [-0.39, 0.29) is 17.7 Å². The van der Waals surface area contributed by atoms with Crippen molar-refractivity contribution < 1.29 is 5.11 Å². The van der Waals surface area contributed by atoms with Crippen molar-refractivity contribution in [3.63, 3.8) is 0 Å². The lowest BCUT2D eigenvalue weighted by atomic mass is 9.92. The first-order valence-electron chi connectivity index (χ1n) is 6.12. The Morgan fingerprint density at radius 3 is 2.84 bits per heavy atom. The molecule has 2 aliphatic rings. The minimum absolute atomic E-state index is 0.0139. The molecule has 3 rings (SSSR count). The van der Waals surface area contributed by atoms with Crippen molar-refractivity contribution in [2.45, 2.75) is 13.0 Å². The van der Waals surface area contributed by atoms with E-state index >= 15 is 0 Å². The van der Waals surface area contributed by atoms with E-state index in [2.05, 4.69) is 16.1 Å². The smallest absolute Gasteiger partial charge is 0.160 e. The van der Waals surface area contributed by atoms with Crippen molar-refractivity contribution in [2.75, 3.05) is 0 Å². The van der Waals surface area contributed by atoms with Crippen LogP contribution in [0.4, 0.5) is 0 Å². The Balaban J connectivity index is 2.05. The molecule has 1 aliphatic carbocycles. The fourth-order valence-corrected chi connectivity index (χ4v) is 2.56. The molecule has 0 saturated carbocycles. The standard InChI is InChI=1S/C15H13ClN2O/c1-9-6-7-10-12(8-9)17-15(18-14(10)16)11-4-2-3-5-13(11)19/h2-8,10,12,19H,1H3. The molecule has 0 spiro atoms. The van der Waals surface area contributed by atoms with Gasteiger partial charge in [-0.25, -0.2) is 4.99 Å². The Labute approximate surface area is 116 Å². The number of allylic oxidation sites excluding steroid dienone is 2. The van der Waals surface area contributed by atoms with Crippen molar-refractivity contribution in [2.24, 2.45) is 15.9 Å². The summed E-state index contributed by atoms with van der Waals surface area (Å²) in [4.78, 5) is 8.91. The van der Waals surface area contributed by atoms with Gasteiger partial charge in [-0.05, 0) is 19.1 Å². The highest BCUT2D eigenvalue weighted by Gasteiger charge is 2.28. The Bertz CT molecular complexity index is 643. The SMILES string of the molecule is CC1=CC2N=C(c3ccccc3O)N=C(Cl)C2C=C1. The second-order valence-corrected chi connectivity index (χ2v) is 5.08. The molecule has 0 amide bonds. The minimum atomic E-state index is -0.0374. The van der Waals surface area contributed by atoms with Crippen LogP contribution in [0.25, 0.3) is 0 Å². The van der Waals surface area contributed by atoms with Gasteiger partial charge in [-0.15, -0.1) is 0 Å². The highest BCUT2D eigenvalue weighted by molar-refractivity contribution is 6.67. The lowest BCUT2D eigenvalue weighted by molar-refractivity contribution is 0.474. The molecule has 3 nitrogen and oxygen atoms in total. The van der Waals surface area contributed by atoms with Crippen molar-refractivity contribution in [1.82, 2.24) is 0 Å². The van der Waals surface area contributed by atoms with Crippen LogP contribution >= 0.6 is 11.6 Å². The highest BCUT2D eigenvalue weighted by atomic mass is 35.5. The van der Waals surface area contributed by atoms with Crippen LogP contribution in [-0.2, 0) is 0 Å². The molecule has 0 radical (unpaired) electrons. The summed E-state index contributed by atoms with van der Waals surface area (Å²) in [7, 11) is 0. The zero-order valence-electron chi connectivity index (χ0n) is 10.4. The third-order valence-electron chi connectivity index (χ3n) is 3.27. The molecule has 96 valence electrons. The third kappa shape index (κ3) is 2.22. The zero-order chi connectivity index (χ0) is 13.4. The molecular weight excluding hydrogens is 260 g/mol. The number of nitrogens with zero attached hydrogens (tertiary/aromatic N) is 2. The molecule has 1 aromatic carbocycles. The molecule has 4 heteroatoms. The van der Waals surface area contributed by atoms with Gasteiger partial charge in [0.2, 0.25) is 0 Å². The summed E-state index contributed by atoms with van der Waals surface area (Å²) in [5.41, 5.74) is 1.77. The monoisotopic (exact) mass is 272 g/mol. The number of hydrogen-bond acceptors (Lipinski definition) is 3. The van der Waals surface area contributed by atoms with Crippen LogP contribution < -0.4 is 0 Å². The third-order valence-corrected chi connectivity index (χ3v) is 3.61. The minimum Gasteiger partial charge on any atom is -0.507 e. The van der Waals surface area contributed by atoms with Gasteiger partial charge in [0.05, 0.1) is 17.5 Å². The number of para-hydroxylation sites is 1. The van der Waals surface area contributed by atoms with Gasteiger partial charge in [-0.1, -0.05) is 47.5 Å². The van der Waals surface area contributed by atoms with Gasteiger partial charge in [-0.3, -0.25) is 4.99 Å². The second kappa shape index (κ2) is 4.67. The van der Waals surface area contributed by atoms with Crippen LogP contribution in [0.3, 0.4) is 0 Å². The Hall–Kier alpha value is -1.87.